The minimum absolute atomic E-state index is 0.0339. The Kier molecular flexibility index (Phi) is 4.84. The van der Waals surface area contributed by atoms with Crippen molar-refractivity contribution in [3.63, 3.8) is 0 Å². The molecule has 0 aliphatic rings. The summed E-state index contributed by atoms with van der Waals surface area (Å²) in [7, 11) is 1.66. The molecule has 0 spiro atoms. The van der Waals surface area contributed by atoms with Crippen LogP contribution in [0.1, 0.15) is 30.0 Å². The van der Waals surface area contributed by atoms with E-state index in [1.54, 1.807) is 7.11 Å². The first-order valence-electron chi connectivity index (χ1n) is 5.27. The van der Waals surface area contributed by atoms with E-state index in [2.05, 4.69) is 11.3 Å². The summed E-state index contributed by atoms with van der Waals surface area (Å²) in [6, 6.07) is 6.09. The lowest BCUT2D eigenvalue weighted by atomic mass is 10.0. The fraction of sp³-hybridized carbons (Fsp3) is 0.385. The van der Waals surface area contributed by atoms with Crippen molar-refractivity contribution in [2.45, 2.75) is 25.8 Å². The molecule has 86 valence electrons. The third kappa shape index (κ3) is 2.99. The maximum Gasteiger partial charge on any atom is 0.123 e. The van der Waals surface area contributed by atoms with Gasteiger partial charge in [0, 0.05) is 12.0 Å². The molecule has 0 saturated carbocycles. The van der Waals surface area contributed by atoms with E-state index < -0.39 is 0 Å². The highest BCUT2D eigenvalue weighted by Gasteiger charge is 2.13. The maximum absolute atomic E-state index is 5.53. The Bertz CT molecular complexity index is 382. The van der Waals surface area contributed by atoms with Crippen LogP contribution in [0.3, 0.4) is 0 Å². The Morgan fingerprint density at radius 2 is 2.31 bits per heavy atom. The van der Waals surface area contributed by atoms with Gasteiger partial charge in [-0.05, 0) is 25.0 Å². The predicted molar refractivity (Wildman–Crippen MR) is 65.9 cm³/mol. The average Bonchev–Trinajstić information content (AvgIpc) is 2.31. The largest absolute Gasteiger partial charge is 0.496 e. The van der Waals surface area contributed by atoms with Crippen LogP contribution < -0.4 is 16.0 Å². The topological polar surface area (TPSA) is 47.3 Å². The first-order valence-corrected chi connectivity index (χ1v) is 5.27. The molecule has 1 rings (SSSR count). The van der Waals surface area contributed by atoms with E-state index in [0.717, 1.165) is 23.3 Å². The van der Waals surface area contributed by atoms with E-state index in [1.165, 1.54) is 0 Å². The molecule has 1 unspecified atom stereocenters. The number of hydrogen-bond acceptors (Lipinski definition) is 3. The van der Waals surface area contributed by atoms with Gasteiger partial charge in [0.2, 0.25) is 0 Å². The Morgan fingerprint density at radius 3 is 2.88 bits per heavy atom. The minimum Gasteiger partial charge on any atom is -0.496 e. The molecule has 0 fully saturated rings. The van der Waals surface area contributed by atoms with Gasteiger partial charge in [-0.3, -0.25) is 11.3 Å². The zero-order chi connectivity index (χ0) is 12.0. The number of rotatable bonds is 5. The molecule has 0 saturated heterocycles. The number of hydrazine groups is 1. The molecule has 3 N–H and O–H groups in total. The van der Waals surface area contributed by atoms with E-state index in [0.29, 0.717) is 6.42 Å². The second kappa shape index (κ2) is 6.16. The first-order chi connectivity index (χ1) is 7.72. The van der Waals surface area contributed by atoms with Gasteiger partial charge in [-0.15, -0.1) is 12.3 Å². The van der Waals surface area contributed by atoms with Crippen molar-refractivity contribution in [1.82, 2.24) is 5.43 Å². The lowest BCUT2D eigenvalue weighted by Crippen LogP contribution is -2.28. The molecule has 1 aromatic rings. The monoisotopic (exact) mass is 218 g/mol. The van der Waals surface area contributed by atoms with Gasteiger partial charge in [0.15, 0.2) is 0 Å². The van der Waals surface area contributed by atoms with Gasteiger partial charge in [0.1, 0.15) is 5.75 Å². The van der Waals surface area contributed by atoms with Gasteiger partial charge in [-0.1, -0.05) is 12.1 Å². The Morgan fingerprint density at radius 1 is 1.56 bits per heavy atom. The first kappa shape index (κ1) is 12.6. The molecule has 3 heteroatoms. The van der Waals surface area contributed by atoms with Gasteiger partial charge >= 0.3 is 0 Å². The number of ether oxygens (including phenoxy) is 1. The van der Waals surface area contributed by atoms with Crippen molar-refractivity contribution in [1.29, 1.82) is 0 Å². The fourth-order valence-electron chi connectivity index (χ4n) is 1.66. The molecule has 0 bridgehead atoms. The summed E-state index contributed by atoms with van der Waals surface area (Å²) in [5.74, 6) is 8.99. The highest BCUT2D eigenvalue weighted by Crippen LogP contribution is 2.28. The molecule has 0 radical (unpaired) electrons. The number of nitrogens with two attached hydrogens (primary N) is 1. The third-order valence-corrected chi connectivity index (χ3v) is 2.54. The van der Waals surface area contributed by atoms with Crippen molar-refractivity contribution >= 4 is 0 Å². The zero-order valence-corrected chi connectivity index (χ0v) is 9.79. The van der Waals surface area contributed by atoms with Gasteiger partial charge < -0.3 is 4.74 Å². The van der Waals surface area contributed by atoms with Crippen molar-refractivity contribution in [3.8, 4) is 18.1 Å². The van der Waals surface area contributed by atoms with Crippen LogP contribution in [0, 0.1) is 19.3 Å². The van der Waals surface area contributed by atoms with Gasteiger partial charge in [0.25, 0.3) is 0 Å². The molecule has 16 heavy (non-hydrogen) atoms. The second-order valence-electron chi connectivity index (χ2n) is 3.71. The molecule has 0 aromatic heterocycles. The number of aryl methyl sites for hydroxylation is 1. The summed E-state index contributed by atoms with van der Waals surface area (Å²) in [5.41, 5.74) is 4.98. The van der Waals surface area contributed by atoms with Crippen LogP contribution >= 0.6 is 0 Å². The molecule has 0 amide bonds. The molecule has 3 nitrogen and oxygen atoms in total. The molecule has 1 aromatic carbocycles. The average molecular weight is 218 g/mol. The normalized spacial score (nSPS) is 11.9. The van der Waals surface area contributed by atoms with Crippen LogP contribution in [0.4, 0.5) is 0 Å². The maximum atomic E-state index is 5.53. The Labute approximate surface area is 97.0 Å². The van der Waals surface area contributed by atoms with Crippen LogP contribution in [0.25, 0.3) is 0 Å². The standard InChI is InChI=1S/C13H18N2O/c1-4-5-6-12(15-14)11-8-7-10(2)9-13(11)16-3/h1,7-9,12,15H,5-6,14H2,2-3H3. The van der Waals surface area contributed by atoms with Crippen molar-refractivity contribution in [2.24, 2.45) is 5.84 Å². The number of terminal acetylenes is 1. The number of methoxy groups -OCH3 is 1. The van der Waals surface area contributed by atoms with E-state index in [1.807, 2.05) is 25.1 Å². The molecular weight excluding hydrogens is 200 g/mol. The van der Waals surface area contributed by atoms with Crippen molar-refractivity contribution < 1.29 is 4.74 Å². The molecule has 0 aliphatic heterocycles. The van der Waals surface area contributed by atoms with E-state index in [9.17, 15) is 0 Å². The summed E-state index contributed by atoms with van der Waals surface area (Å²) < 4.78 is 5.34. The van der Waals surface area contributed by atoms with Crippen LogP contribution in [0.15, 0.2) is 18.2 Å². The summed E-state index contributed by atoms with van der Waals surface area (Å²) >= 11 is 0. The SMILES string of the molecule is C#CCCC(NN)c1ccc(C)cc1OC. The summed E-state index contributed by atoms with van der Waals surface area (Å²) in [6.45, 7) is 2.03. The van der Waals surface area contributed by atoms with Crippen LogP contribution in [-0.4, -0.2) is 7.11 Å². The number of hydrogen-bond donors (Lipinski definition) is 2. The van der Waals surface area contributed by atoms with Crippen LogP contribution in [-0.2, 0) is 0 Å². The summed E-state index contributed by atoms with van der Waals surface area (Å²) in [6.07, 6.45) is 6.74. The molecular formula is C13H18N2O. The highest BCUT2D eigenvalue weighted by atomic mass is 16.5. The van der Waals surface area contributed by atoms with Gasteiger partial charge in [-0.2, -0.15) is 0 Å². The van der Waals surface area contributed by atoms with Gasteiger partial charge in [-0.25, -0.2) is 0 Å². The molecule has 0 aliphatic carbocycles. The highest BCUT2D eigenvalue weighted by molar-refractivity contribution is 5.39. The quantitative estimate of drug-likeness (QED) is 0.451. The molecule has 0 heterocycles. The van der Waals surface area contributed by atoms with Crippen LogP contribution in [0.2, 0.25) is 0 Å². The molecule has 1 atom stereocenters. The minimum atomic E-state index is 0.0339. The van der Waals surface area contributed by atoms with E-state index in [4.69, 9.17) is 17.0 Å². The van der Waals surface area contributed by atoms with E-state index in [-0.39, 0.29) is 6.04 Å². The fourth-order valence-corrected chi connectivity index (χ4v) is 1.66. The van der Waals surface area contributed by atoms with Crippen molar-refractivity contribution in [2.75, 3.05) is 7.11 Å². The van der Waals surface area contributed by atoms with E-state index >= 15 is 0 Å². The summed E-state index contributed by atoms with van der Waals surface area (Å²) in [5, 5.41) is 0. The predicted octanol–water partition coefficient (Wildman–Crippen LogP) is 1.92. The number of nitrogens with one attached hydrogen (secondary N) is 1. The third-order valence-electron chi connectivity index (χ3n) is 2.54. The number of benzene rings is 1. The lowest BCUT2D eigenvalue weighted by molar-refractivity contribution is 0.396. The zero-order valence-electron chi connectivity index (χ0n) is 9.79. The second-order valence-corrected chi connectivity index (χ2v) is 3.71. The Balaban J connectivity index is 2.95. The summed E-state index contributed by atoms with van der Waals surface area (Å²) in [4.78, 5) is 0. The van der Waals surface area contributed by atoms with Gasteiger partial charge in [0.05, 0.1) is 13.2 Å². The smallest absolute Gasteiger partial charge is 0.123 e. The van der Waals surface area contributed by atoms with Crippen LogP contribution in [0.5, 0.6) is 5.75 Å². The Hall–Kier alpha value is -1.50. The van der Waals surface area contributed by atoms with Crippen molar-refractivity contribution in [3.05, 3.63) is 29.3 Å². The lowest BCUT2D eigenvalue weighted by Gasteiger charge is -2.18.